The van der Waals surface area contributed by atoms with Crippen LogP contribution in [0.2, 0.25) is 0 Å². The van der Waals surface area contributed by atoms with E-state index in [2.05, 4.69) is 24.1 Å². The van der Waals surface area contributed by atoms with Gasteiger partial charge in [-0.05, 0) is 37.6 Å². The minimum atomic E-state index is 0.258. The SMILES string of the molecule is CC1CC(C)CN(C(=O)CN2CCN(C(=O)CC3CCCN3)CC2)C1. The van der Waals surface area contributed by atoms with Gasteiger partial charge in [-0.25, -0.2) is 0 Å². The van der Waals surface area contributed by atoms with Crippen LogP contribution < -0.4 is 5.32 Å². The zero-order chi connectivity index (χ0) is 17.8. The second kappa shape index (κ2) is 8.49. The van der Waals surface area contributed by atoms with Crippen LogP contribution in [-0.2, 0) is 9.59 Å². The fourth-order valence-electron chi connectivity index (χ4n) is 4.58. The van der Waals surface area contributed by atoms with Crippen molar-refractivity contribution in [3.63, 3.8) is 0 Å². The van der Waals surface area contributed by atoms with Crippen LogP contribution in [0, 0.1) is 11.8 Å². The summed E-state index contributed by atoms with van der Waals surface area (Å²) in [5, 5.41) is 3.40. The standard InChI is InChI=1S/C19H34N4O2/c1-15-10-16(2)13-23(12-15)19(25)14-21-6-8-22(9-7-21)18(24)11-17-4-3-5-20-17/h15-17,20H,3-14H2,1-2H3. The van der Waals surface area contributed by atoms with E-state index in [-0.39, 0.29) is 11.8 Å². The van der Waals surface area contributed by atoms with Crippen molar-refractivity contribution in [3.8, 4) is 0 Å². The van der Waals surface area contributed by atoms with Crippen molar-refractivity contribution in [2.24, 2.45) is 11.8 Å². The number of piperidine rings is 1. The average molecular weight is 351 g/mol. The maximum Gasteiger partial charge on any atom is 0.236 e. The van der Waals surface area contributed by atoms with Gasteiger partial charge in [0.2, 0.25) is 11.8 Å². The first-order valence-corrected chi connectivity index (χ1v) is 10.0. The molecular formula is C19H34N4O2. The summed E-state index contributed by atoms with van der Waals surface area (Å²) in [6.07, 6.45) is 4.15. The third-order valence-electron chi connectivity index (χ3n) is 5.89. The average Bonchev–Trinajstić information content (AvgIpc) is 3.07. The van der Waals surface area contributed by atoms with Crippen LogP contribution >= 0.6 is 0 Å². The highest BCUT2D eigenvalue weighted by molar-refractivity contribution is 5.79. The van der Waals surface area contributed by atoms with Crippen molar-refractivity contribution < 1.29 is 9.59 Å². The molecule has 25 heavy (non-hydrogen) atoms. The van der Waals surface area contributed by atoms with Crippen molar-refractivity contribution in [2.75, 3.05) is 52.4 Å². The molecule has 0 aromatic heterocycles. The lowest BCUT2D eigenvalue weighted by molar-refractivity contribution is -0.137. The molecule has 3 fully saturated rings. The van der Waals surface area contributed by atoms with E-state index in [1.807, 2.05) is 9.80 Å². The molecule has 0 aromatic rings. The largest absolute Gasteiger partial charge is 0.341 e. The van der Waals surface area contributed by atoms with E-state index in [0.717, 1.165) is 52.2 Å². The Morgan fingerprint density at radius 1 is 0.960 bits per heavy atom. The molecule has 3 aliphatic heterocycles. The van der Waals surface area contributed by atoms with E-state index >= 15 is 0 Å². The number of nitrogens with zero attached hydrogens (tertiary/aromatic N) is 3. The van der Waals surface area contributed by atoms with Crippen molar-refractivity contribution in [2.45, 2.75) is 45.6 Å². The molecule has 6 heteroatoms. The summed E-state index contributed by atoms with van der Waals surface area (Å²) in [6.45, 7) is 11.0. The van der Waals surface area contributed by atoms with Gasteiger partial charge in [-0.3, -0.25) is 14.5 Å². The quantitative estimate of drug-likeness (QED) is 0.814. The topological polar surface area (TPSA) is 55.9 Å². The zero-order valence-electron chi connectivity index (χ0n) is 15.9. The minimum absolute atomic E-state index is 0.258. The highest BCUT2D eigenvalue weighted by Gasteiger charge is 2.29. The fraction of sp³-hybridized carbons (Fsp3) is 0.895. The lowest BCUT2D eigenvalue weighted by Crippen LogP contribution is -2.53. The van der Waals surface area contributed by atoms with Gasteiger partial charge in [0.25, 0.3) is 0 Å². The minimum Gasteiger partial charge on any atom is -0.341 e. The first-order chi connectivity index (χ1) is 12.0. The molecule has 2 amide bonds. The monoisotopic (exact) mass is 350 g/mol. The Labute approximate surface area is 151 Å². The van der Waals surface area contributed by atoms with E-state index in [1.54, 1.807) is 0 Å². The Bertz CT molecular complexity index is 460. The molecule has 0 spiro atoms. The molecule has 0 bridgehead atoms. The van der Waals surface area contributed by atoms with E-state index in [9.17, 15) is 9.59 Å². The molecule has 0 aliphatic carbocycles. The molecule has 0 saturated carbocycles. The number of hydrogen-bond donors (Lipinski definition) is 1. The predicted molar refractivity (Wildman–Crippen MR) is 98.2 cm³/mol. The molecule has 3 heterocycles. The smallest absolute Gasteiger partial charge is 0.236 e. The Balaban J connectivity index is 1.39. The molecule has 6 nitrogen and oxygen atoms in total. The Morgan fingerprint density at radius 3 is 2.24 bits per heavy atom. The van der Waals surface area contributed by atoms with Gasteiger partial charge in [-0.2, -0.15) is 0 Å². The number of carbonyl (C=O) groups is 2. The van der Waals surface area contributed by atoms with E-state index in [1.165, 1.54) is 12.8 Å². The number of hydrogen-bond acceptors (Lipinski definition) is 4. The summed E-state index contributed by atoms with van der Waals surface area (Å²) in [5.74, 6) is 1.73. The van der Waals surface area contributed by atoms with Crippen LogP contribution in [0.15, 0.2) is 0 Å². The maximum atomic E-state index is 12.6. The second-order valence-corrected chi connectivity index (χ2v) is 8.40. The van der Waals surface area contributed by atoms with Gasteiger partial charge < -0.3 is 15.1 Å². The summed E-state index contributed by atoms with van der Waals surface area (Å²) >= 11 is 0. The fourth-order valence-corrected chi connectivity index (χ4v) is 4.58. The van der Waals surface area contributed by atoms with Crippen molar-refractivity contribution in [1.29, 1.82) is 0 Å². The summed E-state index contributed by atoms with van der Waals surface area (Å²) in [4.78, 5) is 31.2. The van der Waals surface area contributed by atoms with Gasteiger partial charge in [0.15, 0.2) is 0 Å². The van der Waals surface area contributed by atoms with Crippen molar-refractivity contribution >= 4 is 11.8 Å². The molecule has 3 rings (SSSR count). The third kappa shape index (κ3) is 5.17. The van der Waals surface area contributed by atoms with Gasteiger partial charge in [0.1, 0.15) is 0 Å². The Hall–Kier alpha value is -1.14. The summed E-state index contributed by atoms with van der Waals surface area (Å²) < 4.78 is 0. The van der Waals surface area contributed by atoms with Crippen LogP contribution in [-0.4, -0.2) is 84.9 Å². The first-order valence-electron chi connectivity index (χ1n) is 10.0. The number of amides is 2. The second-order valence-electron chi connectivity index (χ2n) is 8.40. The van der Waals surface area contributed by atoms with E-state index < -0.39 is 0 Å². The lowest BCUT2D eigenvalue weighted by atomic mass is 9.92. The van der Waals surface area contributed by atoms with E-state index in [4.69, 9.17) is 0 Å². The van der Waals surface area contributed by atoms with Crippen molar-refractivity contribution in [1.82, 2.24) is 20.0 Å². The third-order valence-corrected chi connectivity index (χ3v) is 5.89. The molecule has 3 atom stereocenters. The lowest BCUT2D eigenvalue weighted by Gasteiger charge is -2.38. The maximum absolute atomic E-state index is 12.6. The molecular weight excluding hydrogens is 316 g/mol. The van der Waals surface area contributed by atoms with Crippen LogP contribution in [0.1, 0.15) is 39.5 Å². The molecule has 0 aromatic carbocycles. The van der Waals surface area contributed by atoms with Crippen LogP contribution in [0.5, 0.6) is 0 Å². The first kappa shape index (κ1) is 18.6. The normalized spacial score (nSPS) is 31.4. The van der Waals surface area contributed by atoms with Gasteiger partial charge in [-0.1, -0.05) is 13.8 Å². The van der Waals surface area contributed by atoms with Gasteiger partial charge in [0.05, 0.1) is 6.54 Å². The molecule has 0 radical (unpaired) electrons. The molecule has 1 N–H and O–H groups in total. The number of carbonyl (C=O) groups excluding carboxylic acids is 2. The predicted octanol–water partition coefficient (Wildman–Crippen LogP) is 0.777. The summed E-state index contributed by atoms with van der Waals surface area (Å²) in [5.41, 5.74) is 0. The van der Waals surface area contributed by atoms with Crippen LogP contribution in [0.25, 0.3) is 0 Å². The molecule has 142 valence electrons. The van der Waals surface area contributed by atoms with Gasteiger partial charge in [0, 0.05) is 51.7 Å². The van der Waals surface area contributed by atoms with E-state index in [0.29, 0.717) is 30.8 Å². The van der Waals surface area contributed by atoms with Crippen molar-refractivity contribution in [3.05, 3.63) is 0 Å². The zero-order valence-corrected chi connectivity index (χ0v) is 15.9. The Kier molecular flexibility index (Phi) is 6.34. The molecule has 3 unspecified atom stereocenters. The van der Waals surface area contributed by atoms with Gasteiger partial charge in [-0.15, -0.1) is 0 Å². The summed E-state index contributed by atoms with van der Waals surface area (Å²) in [6, 6.07) is 0.371. The highest BCUT2D eigenvalue weighted by atomic mass is 16.2. The number of piperazine rings is 1. The number of rotatable bonds is 4. The number of likely N-dealkylation sites (tertiary alicyclic amines) is 1. The summed E-state index contributed by atoms with van der Waals surface area (Å²) in [7, 11) is 0. The van der Waals surface area contributed by atoms with Gasteiger partial charge >= 0.3 is 0 Å². The van der Waals surface area contributed by atoms with Crippen LogP contribution in [0.4, 0.5) is 0 Å². The Morgan fingerprint density at radius 2 is 1.64 bits per heavy atom. The highest BCUT2D eigenvalue weighted by Crippen LogP contribution is 2.21. The van der Waals surface area contributed by atoms with Crippen LogP contribution in [0.3, 0.4) is 0 Å². The number of nitrogens with one attached hydrogen (secondary N) is 1. The molecule has 3 aliphatic rings. The molecule has 3 saturated heterocycles.